The molecule has 18 heavy (non-hydrogen) atoms. The third kappa shape index (κ3) is 4.27. The van der Waals surface area contributed by atoms with E-state index in [9.17, 15) is 9.59 Å². The van der Waals surface area contributed by atoms with E-state index in [0.29, 0.717) is 0 Å². The molecule has 3 N–H and O–H groups in total. The maximum absolute atomic E-state index is 12.1. The molecule has 0 saturated carbocycles. The first-order valence-electron chi connectivity index (χ1n) is 6.40. The van der Waals surface area contributed by atoms with Crippen LogP contribution in [-0.2, 0) is 14.3 Å². The number of amides is 2. The van der Waals surface area contributed by atoms with E-state index in [1.807, 2.05) is 0 Å². The van der Waals surface area contributed by atoms with Crippen LogP contribution in [0.25, 0.3) is 0 Å². The van der Waals surface area contributed by atoms with Crippen LogP contribution in [0.2, 0.25) is 0 Å². The van der Waals surface area contributed by atoms with Gasteiger partial charge in [-0.15, -0.1) is 0 Å². The Morgan fingerprint density at radius 3 is 2.50 bits per heavy atom. The molecular formula is C12H23N3O3. The third-order valence-corrected chi connectivity index (χ3v) is 3.08. The van der Waals surface area contributed by atoms with Crippen molar-refractivity contribution in [1.29, 1.82) is 0 Å². The first kappa shape index (κ1) is 14.9. The zero-order valence-corrected chi connectivity index (χ0v) is 11.1. The largest absolute Gasteiger partial charge is 0.383 e. The van der Waals surface area contributed by atoms with Crippen LogP contribution in [0, 0.1) is 0 Å². The number of nitrogens with one attached hydrogen (secondary N) is 1. The Hall–Kier alpha value is -1.14. The van der Waals surface area contributed by atoms with E-state index in [1.54, 1.807) is 11.8 Å². The number of carbonyl (C=O) groups excluding carboxylic acids is 2. The molecular weight excluding hydrogens is 234 g/mol. The van der Waals surface area contributed by atoms with E-state index in [4.69, 9.17) is 10.5 Å². The van der Waals surface area contributed by atoms with E-state index >= 15 is 0 Å². The van der Waals surface area contributed by atoms with Crippen molar-refractivity contribution < 1.29 is 14.3 Å². The second kappa shape index (κ2) is 7.33. The Morgan fingerprint density at radius 1 is 1.33 bits per heavy atom. The van der Waals surface area contributed by atoms with Crippen LogP contribution in [0.4, 0.5) is 0 Å². The highest BCUT2D eigenvalue weighted by Gasteiger charge is 2.24. The van der Waals surface area contributed by atoms with Gasteiger partial charge in [0.15, 0.2) is 0 Å². The topological polar surface area (TPSA) is 84.7 Å². The number of nitrogens with two attached hydrogens (primary N) is 1. The highest BCUT2D eigenvalue weighted by Crippen LogP contribution is 2.09. The van der Waals surface area contributed by atoms with E-state index < -0.39 is 12.1 Å². The summed E-state index contributed by atoms with van der Waals surface area (Å²) in [5, 5.41) is 2.63. The number of piperidine rings is 1. The molecule has 1 fully saturated rings. The lowest BCUT2D eigenvalue weighted by Crippen LogP contribution is -2.53. The maximum atomic E-state index is 12.1. The minimum Gasteiger partial charge on any atom is -0.383 e. The predicted molar refractivity (Wildman–Crippen MR) is 67.9 cm³/mol. The first-order valence-corrected chi connectivity index (χ1v) is 6.40. The lowest BCUT2D eigenvalue weighted by molar-refractivity contribution is -0.137. The van der Waals surface area contributed by atoms with Gasteiger partial charge in [-0.2, -0.15) is 0 Å². The van der Waals surface area contributed by atoms with Crippen LogP contribution >= 0.6 is 0 Å². The van der Waals surface area contributed by atoms with Crippen molar-refractivity contribution in [3.05, 3.63) is 0 Å². The molecule has 0 aliphatic carbocycles. The smallest absolute Gasteiger partial charge is 0.244 e. The van der Waals surface area contributed by atoms with Crippen LogP contribution in [0.15, 0.2) is 0 Å². The Labute approximate surface area is 108 Å². The number of carbonyl (C=O) groups is 2. The fourth-order valence-corrected chi connectivity index (χ4v) is 2.03. The SMILES string of the molecule is COCC(N)C(=O)N[C@@H](C)C(=O)N1CCCCC1. The van der Waals surface area contributed by atoms with Crippen molar-refractivity contribution >= 4 is 11.8 Å². The van der Waals surface area contributed by atoms with Gasteiger partial charge in [-0.3, -0.25) is 9.59 Å². The van der Waals surface area contributed by atoms with Gasteiger partial charge >= 0.3 is 0 Å². The van der Waals surface area contributed by atoms with Crippen molar-refractivity contribution in [2.45, 2.75) is 38.3 Å². The molecule has 1 rings (SSSR count). The van der Waals surface area contributed by atoms with Crippen LogP contribution in [0.5, 0.6) is 0 Å². The summed E-state index contributed by atoms with van der Waals surface area (Å²) in [6.07, 6.45) is 3.24. The Bertz CT molecular complexity index is 290. The summed E-state index contributed by atoms with van der Waals surface area (Å²) in [5.41, 5.74) is 5.59. The van der Waals surface area contributed by atoms with Gasteiger partial charge in [0.25, 0.3) is 0 Å². The zero-order valence-electron chi connectivity index (χ0n) is 11.1. The standard InChI is InChI=1S/C12H23N3O3/c1-9(14-11(16)10(13)8-18-2)12(17)15-6-4-3-5-7-15/h9-10H,3-8,13H2,1-2H3,(H,14,16)/t9-,10?/m0/s1. The molecule has 6 heteroatoms. The highest BCUT2D eigenvalue weighted by atomic mass is 16.5. The van der Waals surface area contributed by atoms with Gasteiger partial charge in [0, 0.05) is 20.2 Å². The molecule has 1 aliphatic heterocycles. The zero-order chi connectivity index (χ0) is 13.5. The molecule has 0 aromatic carbocycles. The van der Waals surface area contributed by atoms with Gasteiger partial charge in [-0.25, -0.2) is 0 Å². The number of nitrogens with zero attached hydrogens (tertiary/aromatic N) is 1. The molecule has 6 nitrogen and oxygen atoms in total. The molecule has 1 heterocycles. The highest BCUT2D eigenvalue weighted by molar-refractivity contribution is 5.89. The van der Waals surface area contributed by atoms with E-state index in [1.165, 1.54) is 13.5 Å². The van der Waals surface area contributed by atoms with Crippen molar-refractivity contribution in [2.75, 3.05) is 26.8 Å². The van der Waals surface area contributed by atoms with Gasteiger partial charge in [-0.1, -0.05) is 0 Å². The van der Waals surface area contributed by atoms with Crippen molar-refractivity contribution in [3.8, 4) is 0 Å². The van der Waals surface area contributed by atoms with Crippen LogP contribution in [0.1, 0.15) is 26.2 Å². The Kier molecular flexibility index (Phi) is 6.07. The molecule has 0 spiro atoms. The lowest BCUT2D eigenvalue weighted by Gasteiger charge is -2.29. The summed E-state index contributed by atoms with van der Waals surface area (Å²) >= 11 is 0. The Balaban J connectivity index is 2.41. The molecule has 2 amide bonds. The van der Waals surface area contributed by atoms with Crippen LogP contribution < -0.4 is 11.1 Å². The van der Waals surface area contributed by atoms with Crippen molar-refractivity contribution in [2.24, 2.45) is 5.73 Å². The van der Waals surface area contributed by atoms with Crippen molar-refractivity contribution in [1.82, 2.24) is 10.2 Å². The first-order chi connectivity index (χ1) is 8.56. The summed E-state index contributed by atoms with van der Waals surface area (Å²) < 4.78 is 4.80. The molecule has 0 aromatic heterocycles. The summed E-state index contributed by atoms with van der Waals surface area (Å²) in [6.45, 7) is 3.40. The lowest BCUT2D eigenvalue weighted by atomic mass is 10.1. The average molecular weight is 257 g/mol. The predicted octanol–water partition coefficient (Wildman–Crippen LogP) is -0.523. The van der Waals surface area contributed by atoms with E-state index in [2.05, 4.69) is 5.32 Å². The van der Waals surface area contributed by atoms with Gasteiger partial charge in [0.2, 0.25) is 11.8 Å². The number of methoxy groups -OCH3 is 1. The molecule has 0 bridgehead atoms. The number of ether oxygens (including phenoxy) is 1. The maximum Gasteiger partial charge on any atom is 0.244 e. The fraction of sp³-hybridized carbons (Fsp3) is 0.833. The second-order valence-corrected chi connectivity index (χ2v) is 4.68. The normalized spacial score (nSPS) is 19.2. The number of hydrogen-bond donors (Lipinski definition) is 2. The van der Waals surface area contributed by atoms with Crippen LogP contribution in [0.3, 0.4) is 0 Å². The number of rotatable bonds is 5. The van der Waals surface area contributed by atoms with Crippen molar-refractivity contribution in [3.63, 3.8) is 0 Å². The Morgan fingerprint density at radius 2 is 1.94 bits per heavy atom. The van der Waals surface area contributed by atoms with Gasteiger partial charge in [0.05, 0.1) is 6.61 Å². The summed E-state index contributed by atoms with van der Waals surface area (Å²) in [7, 11) is 1.48. The summed E-state index contributed by atoms with van der Waals surface area (Å²) in [4.78, 5) is 25.5. The monoisotopic (exact) mass is 257 g/mol. The molecule has 104 valence electrons. The van der Waals surface area contributed by atoms with E-state index in [-0.39, 0.29) is 18.4 Å². The van der Waals surface area contributed by atoms with E-state index in [0.717, 1.165) is 25.9 Å². The summed E-state index contributed by atoms with van der Waals surface area (Å²) in [6, 6.07) is -1.26. The third-order valence-electron chi connectivity index (χ3n) is 3.08. The number of likely N-dealkylation sites (tertiary alicyclic amines) is 1. The molecule has 0 radical (unpaired) electrons. The van der Waals surface area contributed by atoms with Crippen LogP contribution in [-0.4, -0.2) is 55.6 Å². The molecule has 1 aliphatic rings. The van der Waals surface area contributed by atoms with Gasteiger partial charge in [-0.05, 0) is 26.2 Å². The average Bonchev–Trinajstić information content (AvgIpc) is 2.39. The molecule has 2 atom stereocenters. The quantitative estimate of drug-likeness (QED) is 0.694. The van der Waals surface area contributed by atoms with Gasteiger partial charge < -0.3 is 20.7 Å². The minimum absolute atomic E-state index is 0.0346. The number of hydrogen-bond acceptors (Lipinski definition) is 4. The second-order valence-electron chi connectivity index (χ2n) is 4.68. The molecule has 0 aromatic rings. The molecule has 1 unspecified atom stereocenters. The summed E-state index contributed by atoms with van der Waals surface area (Å²) in [5.74, 6) is -0.387. The minimum atomic E-state index is -0.730. The fourth-order valence-electron chi connectivity index (χ4n) is 2.03. The van der Waals surface area contributed by atoms with Gasteiger partial charge in [0.1, 0.15) is 12.1 Å². The molecule has 1 saturated heterocycles.